The maximum atomic E-state index is 12.8. The summed E-state index contributed by atoms with van der Waals surface area (Å²) in [6.07, 6.45) is 4.17. The van der Waals surface area contributed by atoms with Crippen LogP contribution in [-0.2, 0) is 4.79 Å². The number of anilines is 1. The minimum Gasteiger partial charge on any atom is -0.332 e. The van der Waals surface area contributed by atoms with Crippen molar-refractivity contribution in [2.24, 2.45) is 0 Å². The van der Waals surface area contributed by atoms with E-state index in [1.54, 1.807) is 12.4 Å². The zero-order valence-corrected chi connectivity index (χ0v) is 15.7. The first kappa shape index (κ1) is 17.5. The lowest BCUT2D eigenvalue weighted by Crippen LogP contribution is -2.25. The number of carbonyl (C=O) groups excluding carboxylic acids is 1. The van der Waals surface area contributed by atoms with E-state index in [1.807, 2.05) is 26.8 Å². The molecule has 0 saturated heterocycles. The highest BCUT2D eigenvalue weighted by atomic mass is 32.2. The normalized spacial score (nSPS) is 12.3. The van der Waals surface area contributed by atoms with E-state index in [-0.39, 0.29) is 11.2 Å². The number of hydrogen-bond acceptors (Lipinski definition) is 4. The molecule has 3 rings (SSSR count). The lowest BCUT2D eigenvalue weighted by molar-refractivity contribution is -0.115. The van der Waals surface area contributed by atoms with Crippen LogP contribution in [0.3, 0.4) is 0 Å². The van der Waals surface area contributed by atoms with E-state index in [1.165, 1.54) is 17.3 Å². The quantitative estimate of drug-likeness (QED) is 0.667. The number of amides is 1. The van der Waals surface area contributed by atoms with Crippen LogP contribution in [0.1, 0.15) is 30.0 Å². The van der Waals surface area contributed by atoms with Gasteiger partial charge >= 0.3 is 0 Å². The third-order valence-electron chi connectivity index (χ3n) is 4.10. The van der Waals surface area contributed by atoms with Gasteiger partial charge in [0.2, 0.25) is 5.91 Å². The summed E-state index contributed by atoms with van der Waals surface area (Å²) in [6.45, 7) is 8.12. The molecule has 3 aromatic rings. The number of hydrogen-bond donors (Lipinski definition) is 2. The molecule has 0 unspecified atom stereocenters. The minimum atomic E-state index is -0.214. The van der Waals surface area contributed by atoms with Crippen molar-refractivity contribution in [3.05, 3.63) is 47.3 Å². The van der Waals surface area contributed by atoms with Gasteiger partial charge < -0.3 is 10.3 Å². The van der Waals surface area contributed by atoms with Crippen molar-refractivity contribution in [3.63, 3.8) is 0 Å². The van der Waals surface area contributed by atoms with Gasteiger partial charge in [-0.3, -0.25) is 9.78 Å². The summed E-state index contributed by atoms with van der Waals surface area (Å²) in [5.74, 6) is 0.00105. The number of aromatic nitrogens is 3. The first-order chi connectivity index (χ1) is 12.0. The predicted molar refractivity (Wildman–Crippen MR) is 103 cm³/mol. The maximum absolute atomic E-state index is 12.8. The van der Waals surface area contributed by atoms with Crippen LogP contribution in [0.15, 0.2) is 35.7 Å². The van der Waals surface area contributed by atoms with Crippen LogP contribution in [0, 0.1) is 20.8 Å². The van der Waals surface area contributed by atoms with Gasteiger partial charge in [-0.15, -0.1) is 0 Å². The van der Waals surface area contributed by atoms with E-state index in [0.29, 0.717) is 0 Å². The van der Waals surface area contributed by atoms with Gasteiger partial charge in [-0.05, 0) is 44.4 Å². The van der Waals surface area contributed by atoms with Gasteiger partial charge in [0.15, 0.2) is 5.16 Å². The number of thioether (sulfide) groups is 1. The molecule has 0 aliphatic rings. The molecule has 1 amide bonds. The molecular formula is C19H22N4OS. The van der Waals surface area contributed by atoms with E-state index in [9.17, 15) is 4.79 Å². The maximum Gasteiger partial charge on any atom is 0.237 e. The van der Waals surface area contributed by atoms with Crippen molar-refractivity contribution in [2.45, 2.75) is 44.5 Å². The molecule has 2 heterocycles. The fraction of sp³-hybridized carbons (Fsp3) is 0.316. The number of fused-ring (bicyclic) bond motifs is 1. The fourth-order valence-corrected chi connectivity index (χ4v) is 3.85. The monoisotopic (exact) mass is 354 g/mol. The lowest BCUT2D eigenvalue weighted by atomic mass is 10.0. The highest BCUT2D eigenvalue weighted by Gasteiger charge is 2.21. The molecule has 0 bridgehead atoms. The Labute approximate surface area is 151 Å². The topological polar surface area (TPSA) is 70.7 Å². The molecule has 0 spiro atoms. The number of pyridine rings is 1. The van der Waals surface area contributed by atoms with Gasteiger partial charge in [0.05, 0.1) is 22.5 Å². The molecule has 2 N–H and O–H groups in total. The predicted octanol–water partition coefficient (Wildman–Crippen LogP) is 4.39. The van der Waals surface area contributed by atoms with Crippen LogP contribution in [-0.4, -0.2) is 26.1 Å². The average molecular weight is 354 g/mol. The molecule has 0 fully saturated rings. The molecule has 1 atom stereocenters. The van der Waals surface area contributed by atoms with Gasteiger partial charge in [-0.1, -0.05) is 36.4 Å². The summed E-state index contributed by atoms with van der Waals surface area (Å²) < 4.78 is 0. The molecule has 0 radical (unpaired) electrons. The Hall–Kier alpha value is -2.34. The first-order valence-corrected chi connectivity index (χ1v) is 9.21. The third-order valence-corrected chi connectivity index (χ3v) is 5.35. The highest BCUT2D eigenvalue weighted by molar-refractivity contribution is 8.00. The van der Waals surface area contributed by atoms with E-state index in [2.05, 4.69) is 39.3 Å². The van der Waals surface area contributed by atoms with Crippen LogP contribution in [0.4, 0.5) is 5.69 Å². The molecule has 0 saturated carbocycles. The van der Waals surface area contributed by atoms with E-state index < -0.39 is 0 Å². The Bertz CT molecular complexity index is 863. The van der Waals surface area contributed by atoms with Crippen LogP contribution in [0.5, 0.6) is 0 Å². The molecule has 25 heavy (non-hydrogen) atoms. The number of benzene rings is 1. The standard InChI is InChI=1S/C19H22N4OS/c1-5-16(25-19-21-14-6-7-20-10-15(14)22-19)18(24)23-17-12(3)8-11(2)9-13(17)4/h6-10,16H,5H2,1-4H3,(H,21,22)(H,23,24)/t16-/m1/s1. The van der Waals surface area contributed by atoms with E-state index in [4.69, 9.17) is 0 Å². The second-order valence-electron chi connectivity index (χ2n) is 6.21. The number of H-pyrrole nitrogens is 1. The van der Waals surface area contributed by atoms with Crippen LogP contribution in [0.25, 0.3) is 11.0 Å². The number of imidazole rings is 1. The SMILES string of the molecule is CC[C@@H](Sc1nc2ccncc2[nH]1)C(=O)Nc1c(C)cc(C)cc1C. The second kappa shape index (κ2) is 7.27. The van der Waals surface area contributed by atoms with Crippen molar-refractivity contribution in [1.29, 1.82) is 0 Å². The Morgan fingerprint density at radius 3 is 2.64 bits per heavy atom. The molecule has 0 aliphatic carbocycles. The van der Waals surface area contributed by atoms with Gasteiger partial charge in [0, 0.05) is 11.9 Å². The largest absolute Gasteiger partial charge is 0.332 e. The fourth-order valence-electron chi connectivity index (χ4n) is 2.93. The molecular weight excluding hydrogens is 332 g/mol. The number of aromatic amines is 1. The van der Waals surface area contributed by atoms with Crippen LogP contribution in [0.2, 0.25) is 0 Å². The molecule has 0 aliphatic heterocycles. The van der Waals surface area contributed by atoms with Crippen molar-refractivity contribution >= 4 is 34.4 Å². The van der Waals surface area contributed by atoms with Crippen molar-refractivity contribution < 1.29 is 4.79 Å². The summed E-state index contributed by atoms with van der Waals surface area (Å²) in [5.41, 5.74) is 6.01. The third kappa shape index (κ3) is 3.85. The van der Waals surface area contributed by atoms with Gasteiger partial charge in [-0.2, -0.15) is 0 Å². The van der Waals surface area contributed by atoms with Crippen molar-refractivity contribution in [2.75, 3.05) is 5.32 Å². The van der Waals surface area contributed by atoms with Crippen LogP contribution < -0.4 is 5.32 Å². The zero-order valence-electron chi connectivity index (χ0n) is 14.9. The molecule has 1 aromatic carbocycles. The molecule has 2 aromatic heterocycles. The average Bonchev–Trinajstić information content (AvgIpc) is 2.98. The highest BCUT2D eigenvalue weighted by Crippen LogP contribution is 2.28. The lowest BCUT2D eigenvalue weighted by Gasteiger charge is -2.17. The molecule has 6 heteroatoms. The molecule has 130 valence electrons. The number of carbonyl (C=O) groups is 1. The Morgan fingerprint density at radius 1 is 1.28 bits per heavy atom. The van der Waals surface area contributed by atoms with Crippen molar-refractivity contribution in [1.82, 2.24) is 15.0 Å². The summed E-state index contributed by atoms with van der Waals surface area (Å²) in [6, 6.07) is 6.03. The van der Waals surface area contributed by atoms with E-state index in [0.717, 1.165) is 39.4 Å². The summed E-state index contributed by atoms with van der Waals surface area (Å²) in [7, 11) is 0. The van der Waals surface area contributed by atoms with Crippen molar-refractivity contribution in [3.8, 4) is 0 Å². The Balaban J connectivity index is 1.77. The smallest absolute Gasteiger partial charge is 0.237 e. The first-order valence-electron chi connectivity index (χ1n) is 8.33. The Kier molecular flexibility index (Phi) is 5.08. The number of nitrogens with one attached hydrogen (secondary N) is 2. The summed E-state index contributed by atoms with van der Waals surface area (Å²) in [4.78, 5) is 24.6. The second-order valence-corrected chi connectivity index (χ2v) is 7.40. The number of nitrogens with zero attached hydrogens (tertiary/aromatic N) is 2. The Morgan fingerprint density at radius 2 is 2.00 bits per heavy atom. The number of aryl methyl sites for hydroxylation is 3. The summed E-state index contributed by atoms with van der Waals surface area (Å²) in [5, 5.41) is 3.62. The molecule has 5 nitrogen and oxygen atoms in total. The van der Waals surface area contributed by atoms with Crippen LogP contribution >= 0.6 is 11.8 Å². The van der Waals surface area contributed by atoms with Gasteiger partial charge in [0.25, 0.3) is 0 Å². The van der Waals surface area contributed by atoms with Gasteiger partial charge in [-0.25, -0.2) is 4.98 Å². The zero-order chi connectivity index (χ0) is 18.0. The number of rotatable bonds is 5. The summed E-state index contributed by atoms with van der Waals surface area (Å²) >= 11 is 1.45. The minimum absolute atomic E-state index is 0.00105. The van der Waals surface area contributed by atoms with E-state index >= 15 is 0 Å². The van der Waals surface area contributed by atoms with Gasteiger partial charge in [0.1, 0.15) is 0 Å².